The van der Waals surface area contributed by atoms with Gasteiger partial charge in [0.2, 0.25) is 5.91 Å². The monoisotopic (exact) mass is 266 g/mol. The number of carbonyl (C=O) groups excluding carboxylic acids is 1. The summed E-state index contributed by atoms with van der Waals surface area (Å²) in [5.74, 6) is -0.104. The average molecular weight is 266 g/mol. The predicted molar refractivity (Wildman–Crippen MR) is 70.8 cm³/mol. The van der Waals surface area contributed by atoms with Crippen LogP contribution in [0.25, 0.3) is 0 Å². The molecule has 0 aromatic rings. The highest BCUT2D eigenvalue weighted by atomic mass is 16.3. The number of nitriles is 2. The number of aliphatic hydroxyl groups is 1. The summed E-state index contributed by atoms with van der Waals surface area (Å²) in [4.78, 5) is 15.5. The molecule has 0 unspecified atom stereocenters. The van der Waals surface area contributed by atoms with Crippen LogP contribution in [-0.2, 0) is 4.79 Å². The minimum absolute atomic E-state index is 0.00184. The molecule has 0 saturated carbocycles. The lowest BCUT2D eigenvalue weighted by atomic mass is 10.3. The zero-order chi connectivity index (χ0) is 14.7. The van der Waals surface area contributed by atoms with Crippen LogP contribution in [0.1, 0.15) is 26.7 Å². The standard InChI is InChI=1S/C13H22N4O2/c1-12(2)17(9-10-18)11-13(19)16(7-3-5-14)8-4-6-15/h12,18H,3-4,7-11H2,1-2H3. The third-order valence-electron chi connectivity index (χ3n) is 2.80. The van der Waals surface area contributed by atoms with E-state index in [1.807, 2.05) is 30.9 Å². The summed E-state index contributed by atoms with van der Waals surface area (Å²) in [6.45, 7) is 5.25. The van der Waals surface area contributed by atoms with Gasteiger partial charge >= 0.3 is 0 Å². The molecule has 106 valence electrons. The van der Waals surface area contributed by atoms with E-state index in [9.17, 15) is 4.79 Å². The van der Waals surface area contributed by atoms with Gasteiger partial charge in [0.1, 0.15) is 0 Å². The first-order valence-corrected chi connectivity index (χ1v) is 6.43. The van der Waals surface area contributed by atoms with Crippen molar-refractivity contribution < 1.29 is 9.90 Å². The summed E-state index contributed by atoms with van der Waals surface area (Å²) in [6, 6.07) is 4.16. The molecule has 6 heteroatoms. The molecule has 0 aliphatic heterocycles. The van der Waals surface area contributed by atoms with Crippen molar-refractivity contribution in [1.82, 2.24) is 9.80 Å². The van der Waals surface area contributed by atoms with Crippen molar-refractivity contribution in [3.63, 3.8) is 0 Å². The molecule has 0 radical (unpaired) electrons. The van der Waals surface area contributed by atoms with E-state index < -0.39 is 0 Å². The second kappa shape index (κ2) is 10.3. The normalized spacial score (nSPS) is 10.3. The van der Waals surface area contributed by atoms with Crippen LogP contribution >= 0.6 is 0 Å². The van der Waals surface area contributed by atoms with Crippen LogP contribution in [0, 0.1) is 22.7 Å². The SMILES string of the molecule is CC(C)N(CCO)CC(=O)N(CCC#N)CCC#N. The van der Waals surface area contributed by atoms with Crippen molar-refractivity contribution in [2.45, 2.75) is 32.7 Å². The number of aliphatic hydroxyl groups excluding tert-OH is 1. The van der Waals surface area contributed by atoms with E-state index in [-0.39, 0.29) is 37.9 Å². The molecule has 0 spiro atoms. The van der Waals surface area contributed by atoms with Crippen LogP contribution in [0.3, 0.4) is 0 Å². The summed E-state index contributed by atoms with van der Waals surface area (Å²) in [7, 11) is 0. The Kier molecular flexibility index (Phi) is 9.42. The fraction of sp³-hybridized carbons (Fsp3) is 0.769. The maximum absolute atomic E-state index is 12.1. The van der Waals surface area contributed by atoms with Crippen LogP contribution in [0.4, 0.5) is 0 Å². The van der Waals surface area contributed by atoms with Crippen molar-refractivity contribution >= 4 is 5.91 Å². The lowest BCUT2D eigenvalue weighted by Gasteiger charge is -2.28. The van der Waals surface area contributed by atoms with Crippen LogP contribution in [-0.4, -0.2) is 59.6 Å². The van der Waals surface area contributed by atoms with E-state index in [1.165, 1.54) is 0 Å². The molecule has 0 heterocycles. The fourth-order valence-corrected chi connectivity index (χ4v) is 1.65. The van der Waals surface area contributed by atoms with Crippen molar-refractivity contribution in [2.75, 3.05) is 32.8 Å². The minimum Gasteiger partial charge on any atom is -0.395 e. The Morgan fingerprint density at radius 2 is 1.68 bits per heavy atom. The third kappa shape index (κ3) is 7.40. The van der Waals surface area contributed by atoms with Crippen molar-refractivity contribution in [3.8, 4) is 12.1 Å². The first-order valence-electron chi connectivity index (χ1n) is 6.43. The average Bonchev–Trinajstić information content (AvgIpc) is 2.38. The second-order valence-electron chi connectivity index (χ2n) is 4.48. The summed E-state index contributed by atoms with van der Waals surface area (Å²) >= 11 is 0. The minimum atomic E-state index is -0.104. The first-order chi connectivity index (χ1) is 9.06. The maximum atomic E-state index is 12.1. The summed E-state index contributed by atoms with van der Waals surface area (Å²) in [5, 5.41) is 26.1. The number of amides is 1. The van der Waals surface area contributed by atoms with Crippen LogP contribution < -0.4 is 0 Å². The van der Waals surface area contributed by atoms with E-state index in [0.717, 1.165) is 0 Å². The second-order valence-corrected chi connectivity index (χ2v) is 4.48. The topological polar surface area (TPSA) is 91.4 Å². The maximum Gasteiger partial charge on any atom is 0.236 e. The summed E-state index contributed by atoms with van der Waals surface area (Å²) in [5.41, 5.74) is 0. The van der Waals surface area contributed by atoms with Crippen molar-refractivity contribution in [1.29, 1.82) is 10.5 Å². The third-order valence-corrected chi connectivity index (χ3v) is 2.80. The molecular formula is C13H22N4O2. The van der Waals surface area contributed by atoms with Gasteiger partial charge in [-0.05, 0) is 13.8 Å². The van der Waals surface area contributed by atoms with Crippen LogP contribution in [0.15, 0.2) is 0 Å². The molecule has 6 nitrogen and oxygen atoms in total. The fourth-order valence-electron chi connectivity index (χ4n) is 1.65. The van der Waals surface area contributed by atoms with Gasteiger partial charge in [0.05, 0.1) is 38.1 Å². The predicted octanol–water partition coefficient (Wildman–Crippen LogP) is 0.345. The lowest BCUT2D eigenvalue weighted by molar-refractivity contribution is -0.132. The Morgan fingerprint density at radius 3 is 2.05 bits per heavy atom. The highest BCUT2D eigenvalue weighted by molar-refractivity contribution is 5.78. The van der Waals surface area contributed by atoms with Crippen molar-refractivity contribution in [2.24, 2.45) is 0 Å². The van der Waals surface area contributed by atoms with Gasteiger partial charge in [0.15, 0.2) is 0 Å². The largest absolute Gasteiger partial charge is 0.395 e. The van der Waals surface area contributed by atoms with Gasteiger partial charge < -0.3 is 10.0 Å². The van der Waals surface area contributed by atoms with Crippen LogP contribution in [0.2, 0.25) is 0 Å². The zero-order valence-electron chi connectivity index (χ0n) is 11.7. The van der Waals surface area contributed by atoms with E-state index in [2.05, 4.69) is 0 Å². The number of hydrogen-bond donors (Lipinski definition) is 1. The number of nitrogens with zero attached hydrogens (tertiary/aromatic N) is 4. The molecule has 0 fully saturated rings. The molecule has 0 aromatic heterocycles. The highest BCUT2D eigenvalue weighted by Crippen LogP contribution is 2.02. The van der Waals surface area contributed by atoms with Gasteiger partial charge in [-0.15, -0.1) is 0 Å². The number of carbonyl (C=O) groups is 1. The molecule has 0 aliphatic rings. The molecule has 0 aliphatic carbocycles. The molecular weight excluding hydrogens is 244 g/mol. The molecule has 0 aromatic carbocycles. The molecule has 19 heavy (non-hydrogen) atoms. The molecule has 0 rings (SSSR count). The Hall–Kier alpha value is -1.63. The van der Waals surface area contributed by atoms with E-state index in [4.69, 9.17) is 15.6 Å². The Bertz CT molecular complexity index is 326. The molecule has 0 saturated heterocycles. The smallest absolute Gasteiger partial charge is 0.236 e. The van der Waals surface area contributed by atoms with Crippen LogP contribution in [0.5, 0.6) is 0 Å². The van der Waals surface area contributed by atoms with E-state index in [1.54, 1.807) is 4.90 Å². The highest BCUT2D eigenvalue weighted by Gasteiger charge is 2.18. The molecule has 0 atom stereocenters. The van der Waals surface area contributed by atoms with Gasteiger partial charge in [0, 0.05) is 25.7 Å². The Balaban J connectivity index is 4.51. The Morgan fingerprint density at radius 1 is 1.16 bits per heavy atom. The number of hydrogen-bond acceptors (Lipinski definition) is 5. The van der Waals surface area contributed by atoms with Gasteiger partial charge in [0.25, 0.3) is 0 Å². The van der Waals surface area contributed by atoms with E-state index >= 15 is 0 Å². The van der Waals surface area contributed by atoms with Crippen molar-refractivity contribution in [3.05, 3.63) is 0 Å². The number of rotatable bonds is 9. The molecule has 0 bridgehead atoms. The molecule has 1 N–H and O–H groups in total. The quantitative estimate of drug-likeness (QED) is 0.650. The van der Waals surface area contributed by atoms with Gasteiger partial charge in [-0.2, -0.15) is 10.5 Å². The zero-order valence-corrected chi connectivity index (χ0v) is 11.7. The molecule has 1 amide bonds. The van der Waals surface area contributed by atoms with Gasteiger partial charge in [-0.1, -0.05) is 0 Å². The Labute approximate surface area is 114 Å². The first kappa shape index (κ1) is 17.4. The summed E-state index contributed by atoms with van der Waals surface area (Å²) < 4.78 is 0. The van der Waals surface area contributed by atoms with E-state index in [0.29, 0.717) is 19.6 Å². The van der Waals surface area contributed by atoms with Gasteiger partial charge in [-0.3, -0.25) is 9.69 Å². The lowest BCUT2D eigenvalue weighted by Crippen LogP contribution is -2.44. The van der Waals surface area contributed by atoms with Gasteiger partial charge in [-0.25, -0.2) is 0 Å². The summed E-state index contributed by atoms with van der Waals surface area (Å²) in [6.07, 6.45) is 0.525.